The summed E-state index contributed by atoms with van der Waals surface area (Å²) in [5.41, 5.74) is 1.35. The molecule has 6 nitrogen and oxygen atoms in total. The van der Waals surface area contributed by atoms with Gasteiger partial charge in [-0.2, -0.15) is 0 Å². The molecule has 0 aromatic carbocycles. The van der Waals surface area contributed by atoms with Crippen molar-refractivity contribution < 1.29 is 14.3 Å². The van der Waals surface area contributed by atoms with Crippen LogP contribution in [0.15, 0.2) is 12.1 Å². The monoisotopic (exact) mass is 221 g/mol. The molecule has 0 saturated carbocycles. The highest BCUT2D eigenvalue weighted by atomic mass is 16.5. The summed E-state index contributed by atoms with van der Waals surface area (Å²) in [6, 6.07) is 3.38. The van der Waals surface area contributed by atoms with Gasteiger partial charge in [-0.15, -0.1) is 0 Å². The van der Waals surface area contributed by atoms with Crippen LogP contribution in [0.3, 0.4) is 0 Å². The highest BCUT2D eigenvalue weighted by Crippen LogP contribution is 2.23. The second kappa shape index (κ2) is 3.80. The third kappa shape index (κ3) is 1.69. The molecule has 0 aliphatic carbocycles. The Morgan fingerprint density at radius 1 is 1.56 bits per heavy atom. The topological polar surface area (TPSA) is 71.5 Å². The summed E-state index contributed by atoms with van der Waals surface area (Å²) in [7, 11) is 2.86. The number of hydrogen-bond donors (Lipinski definition) is 1. The van der Waals surface area contributed by atoms with Crippen LogP contribution in [0.25, 0.3) is 0 Å². The average molecular weight is 221 g/mol. The first kappa shape index (κ1) is 10.4. The van der Waals surface area contributed by atoms with Gasteiger partial charge in [-0.3, -0.25) is 9.69 Å². The van der Waals surface area contributed by atoms with Gasteiger partial charge in [0.05, 0.1) is 24.9 Å². The van der Waals surface area contributed by atoms with Crippen LogP contribution in [-0.2, 0) is 16.0 Å². The first-order chi connectivity index (χ1) is 7.61. The molecular formula is C10H11N3O3. The van der Waals surface area contributed by atoms with Crippen LogP contribution in [0.4, 0.5) is 16.3 Å². The van der Waals surface area contributed by atoms with Crippen LogP contribution in [0.5, 0.6) is 0 Å². The van der Waals surface area contributed by atoms with E-state index in [1.165, 1.54) is 12.0 Å². The molecule has 1 aliphatic heterocycles. The van der Waals surface area contributed by atoms with Gasteiger partial charge < -0.3 is 10.1 Å². The number of amides is 2. The van der Waals surface area contributed by atoms with E-state index in [4.69, 9.17) is 0 Å². The van der Waals surface area contributed by atoms with E-state index in [2.05, 4.69) is 15.0 Å². The molecule has 1 aromatic rings. The standard InChI is InChI=1S/C10H11N3O3/c1-13(10(15)16-2)8-4-3-6-7(11-8)5-9(14)12-6/h3-4H,5H2,1-2H3,(H,12,14). The molecular weight excluding hydrogens is 210 g/mol. The van der Waals surface area contributed by atoms with E-state index in [9.17, 15) is 9.59 Å². The van der Waals surface area contributed by atoms with E-state index in [0.717, 1.165) is 0 Å². The zero-order valence-electron chi connectivity index (χ0n) is 8.98. The van der Waals surface area contributed by atoms with Crippen LogP contribution in [0.1, 0.15) is 5.69 Å². The summed E-state index contributed by atoms with van der Waals surface area (Å²) < 4.78 is 4.57. The van der Waals surface area contributed by atoms with Crippen molar-refractivity contribution in [3.05, 3.63) is 17.8 Å². The molecule has 2 amide bonds. The number of carbonyl (C=O) groups is 2. The minimum Gasteiger partial charge on any atom is -0.452 e. The van der Waals surface area contributed by atoms with Crippen LogP contribution >= 0.6 is 0 Å². The summed E-state index contributed by atoms with van der Waals surface area (Å²) >= 11 is 0. The Bertz CT molecular complexity index is 459. The molecule has 0 bridgehead atoms. The third-order valence-electron chi connectivity index (χ3n) is 2.35. The summed E-state index contributed by atoms with van der Waals surface area (Å²) in [5.74, 6) is 0.377. The van der Waals surface area contributed by atoms with Crippen LogP contribution in [0, 0.1) is 0 Å². The average Bonchev–Trinajstić information content (AvgIpc) is 2.65. The first-order valence-electron chi connectivity index (χ1n) is 4.73. The fourth-order valence-corrected chi connectivity index (χ4v) is 1.50. The Balaban J connectivity index is 2.29. The van der Waals surface area contributed by atoms with Gasteiger partial charge >= 0.3 is 6.09 Å². The summed E-state index contributed by atoms with van der Waals surface area (Å²) in [4.78, 5) is 27.9. The Morgan fingerprint density at radius 3 is 3.00 bits per heavy atom. The van der Waals surface area contributed by atoms with Crippen molar-refractivity contribution in [2.24, 2.45) is 0 Å². The number of rotatable bonds is 1. The lowest BCUT2D eigenvalue weighted by Crippen LogP contribution is -2.26. The zero-order chi connectivity index (χ0) is 11.7. The molecule has 0 unspecified atom stereocenters. The van der Waals surface area contributed by atoms with Crippen LogP contribution in [-0.4, -0.2) is 31.1 Å². The summed E-state index contributed by atoms with van der Waals surface area (Å²) in [6.07, 6.45) is -0.247. The Kier molecular flexibility index (Phi) is 2.47. The Hall–Kier alpha value is -2.11. The molecule has 1 N–H and O–H groups in total. The smallest absolute Gasteiger partial charge is 0.414 e. The Morgan fingerprint density at radius 2 is 2.31 bits per heavy atom. The minimum absolute atomic E-state index is 0.0830. The summed E-state index contributed by atoms with van der Waals surface area (Å²) in [5, 5.41) is 2.67. The predicted octanol–water partition coefficient (Wildman–Crippen LogP) is 0.779. The SMILES string of the molecule is COC(=O)N(C)c1ccc2c(n1)CC(=O)N2. The number of pyridine rings is 1. The number of anilines is 2. The number of nitrogens with one attached hydrogen (secondary N) is 1. The van der Waals surface area contributed by atoms with Gasteiger partial charge in [0.1, 0.15) is 5.82 Å². The molecule has 2 heterocycles. The molecule has 0 saturated heterocycles. The van der Waals surface area contributed by atoms with Gasteiger partial charge in [-0.05, 0) is 12.1 Å². The van der Waals surface area contributed by atoms with E-state index in [-0.39, 0.29) is 12.3 Å². The van der Waals surface area contributed by atoms with E-state index in [1.54, 1.807) is 19.2 Å². The number of fused-ring (bicyclic) bond motifs is 1. The zero-order valence-corrected chi connectivity index (χ0v) is 8.98. The predicted molar refractivity (Wildman–Crippen MR) is 57.4 cm³/mol. The number of hydrogen-bond acceptors (Lipinski definition) is 4. The second-order valence-corrected chi connectivity index (χ2v) is 3.42. The lowest BCUT2D eigenvalue weighted by atomic mass is 10.3. The van der Waals surface area contributed by atoms with E-state index in [0.29, 0.717) is 17.2 Å². The van der Waals surface area contributed by atoms with Gasteiger partial charge in [-0.25, -0.2) is 9.78 Å². The fourth-order valence-electron chi connectivity index (χ4n) is 1.50. The number of methoxy groups -OCH3 is 1. The van der Waals surface area contributed by atoms with Crippen LogP contribution < -0.4 is 10.2 Å². The molecule has 0 fully saturated rings. The van der Waals surface area contributed by atoms with Crippen molar-refractivity contribution in [2.45, 2.75) is 6.42 Å². The van der Waals surface area contributed by atoms with Crippen molar-refractivity contribution in [1.82, 2.24) is 4.98 Å². The van der Waals surface area contributed by atoms with Gasteiger partial charge in [-0.1, -0.05) is 0 Å². The molecule has 6 heteroatoms. The van der Waals surface area contributed by atoms with Crippen molar-refractivity contribution in [3.8, 4) is 0 Å². The van der Waals surface area contributed by atoms with Crippen molar-refractivity contribution in [2.75, 3.05) is 24.4 Å². The molecule has 0 radical (unpaired) electrons. The largest absolute Gasteiger partial charge is 0.452 e. The van der Waals surface area contributed by atoms with Crippen LogP contribution in [0.2, 0.25) is 0 Å². The highest BCUT2D eigenvalue weighted by molar-refractivity contribution is 5.98. The lowest BCUT2D eigenvalue weighted by Gasteiger charge is -2.14. The maximum Gasteiger partial charge on any atom is 0.414 e. The highest BCUT2D eigenvalue weighted by Gasteiger charge is 2.21. The molecule has 84 valence electrons. The van der Waals surface area contributed by atoms with E-state index >= 15 is 0 Å². The molecule has 0 spiro atoms. The normalized spacial score (nSPS) is 13.0. The van der Waals surface area contributed by atoms with Crippen molar-refractivity contribution in [3.63, 3.8) is 0 Å². The number of aromatic nitrogens is 1. The van der Waals surface area contributed by atoms with E-state index < -0.39 is 6.09 Å². The van der Waals surface area contributed by atoms with Gasteiger partial charge in [0.2, 0.25) is 5.91 Å². The van der Waals surface area contributed by atoms with Crippen molar-refractivity contribution in [1.29, 1.82) is 0 Å². The maximum atomic E-state index is 11.3. The molecule has 1 aliphatic rings. The Labute approximate surface area is 92.2 Å². The minimum atomic E-state index is -0.496. The van der Waals surface area contributed by atoms with E-state index in [1.807, 2.05) is 0 Å². The lowest BCUT2D eigenvalue weighted by molar-refractivity contribution is -0.115. The third-order valence-corrected chi connectivity index (χ3v) is 2.35. The quantitative estimate of drug-likeness (QED) is 0.760. The number of nitrogens with zero attached hydrogens (tertiary/aromatic N) is 2. The van der Waals surface area contributed by atoms with Crippen molar-refractivity contribution >= 4 is 23.5 Å². The first-order valence-corrected chi connectivity index (χ1v) is 4.73. The second-order valence-electron chi connectivity index (χ2n) is 3.42. The molecule has 0 atom stereocenters. The fraction of sp³-hybridized carbons (Fsp3) is 0.300. The molecule has 16 heavy (non-hydrogen) atoms. The number of carbonyl (C=O) groups excluding carboxylic acids is 2. The summed E-state index contributed by atoms with van der Waals surface area (Å²) in [6.45, 7) is 0. The van der Waals surface area contributed by atoms with Gasteiger partial charge in [0.25, 0.3) is 0 Å². The molecule has 1 aromatic heterocycles. The van der Waals surface area contributed by atoms with Gasteiger partial charge in [0, 0.05) is 7.05 Å². The number of ether oxygens (including phenoxy) is 1. The maximum absolute atomic E-state index is 11.3. The van der Waals surface area contributed by atoms with Gasteiger partial charge in [0.15, 0.2) is 0 Å². The molecule has 2 rings (SSSR count).